The lowest BCUT2D eigenvalue weighted by atomic mass is 10.2. The summed E-state index contributed by atoms with van der Waals surface area (Å²) in [7, 11) is 0. The lowest BCUT2D eigenvalue weighted by Gasteiger charge is -2.05. The van der Waals surface area contributed by atoms with E-state index in [0.717, 1.165) is 0 Å². The van der Waals surface area contributed by atoms with Crippen molar-refractivity contribution in [2.24, 2.45) is 0 Å². The van der Waals surface area contributed by atoms with Crippen LogP contribution in [-0.2, 0) is 0 Å². The highest BCUT2D eigenvalue weighted by molar-refractivity contribution is 6.32. The Kier molecular flexibility index (Phi) is 3.72. The van der Waals surface area contributed by atoms with Crippen molar-refractivity contribution in [1.82, 2.24) is 4.98 Å². The first-order chi connectivity index (χ1) is 9.08. The second-order valence-corrected chi connectivity index (χ2v) is 4.03. The molecule has 0 atom stereocenters. The largest absolute Gasteiger partial charge is 0.322 e. The summed E-state index contributed by atoms with van der Waals surface area (Å²) in [6.45, 7) is 0. The molecule has 1 aromatic carbocycles. The molecule has 2 rings (SSSR count). The van der Waals surface area contributed by atoms with Crippen molar-refractivity contribution in [1.29, 1.82) is 0 Å². The number of amides is 1. The number of nitro groups is 1. The predicted molar refractivity (Wildman–Crippen MR) is 70.3 cm³/mol. The van der Waals surface area contributed by atoms with Crippen LogP contribution in [0, 0.1) is 10.1 Å². The zero-order valence-corrected chi connectivity index (χ0v) is 10.3. The van der Waals surface area contributed by atoms with Crippen LogP contribution in [0.1, 0.15) is 10.4 Å². The summed E-state index contributed by atoms with van der Waals surface area (Å²) in [4.78, 5) is 25.8. The Morgan fingerprint density at radius 2 is 2.16 bits per heavy atom. The fourth-order valence-electron chi connectivity index (χ4n) is 1.43. The molecule has 1 N–H and O–H groups in total. The molecular formula is C12H8ClN3O3. The quantitative estimate of drug-likeness (QED) is 0.690. The summed E-state index contributed by atoms with van der Waals surface area (Å²) >= 11 is 5.68. The van der Waals surface area contributed by atoms with Gasteiger partial charge in [0.2, 0.25) is 0 Å². The van der Waals surface area contributed by atoms with E-state index in [1.165, 1.54) is 24.4 Å². The molecule has 96 valence electrons. The maximum absolute atomic E-state index is 11.8. The summed E-state index contributed by atoms with van der Waals surface area (Å²) in [5.41, 5.74) is 0.399. The van der Waals surface area contributed by atoms with Crippen molar-refractivity contribution >= 4 is 28.9 Å². The number of nitro benzene ring substituents is 1. The van der Waals surface area contributed by atoms with E-state index in [0.29, 0.717) is 11.3 Å². The minimum absolute atomic E-state index is 0.0179. The van der Waals surface area contributed by atoms with E-state index in [1.54, 1.807) is 18.3 Å². The monoisotopic (exact) mass is 277 g/mol. The van der Waals surface area contributed by atoms with E-state index >= 15 is 0 Å². The molecule has 0 fully saturated rings. The molecule has 0 saturated heterocycles. The first-order valence-electron chi connectivity index (χ1n) is 5.23. The van der Waals surface area contributed by atoms with Gasteiger partial charge in [-0.2, -0.15) is 0 Å². The number of carbonyl (C=O) groups excluding carboxylic acids is 1. The van der Waals surface area contributed by atoms with Crippen LogP contribution in [-0.4, -0.2) is 15.8 Å². The third-order valence-corrected chi connectivity index (χ3v) is 2.64. The van der Waals surface area contributed by atoms with Crippen LogP contribution < -0.4 is 5.32 Å². The molecule has 7 heteroatoms. The number of nitrogens with zero attached hydrogens (tertiary/aromatic N) is 2. The number of rotatable bonds is 3. The summed E-state index contributed by atoms with van der Waals surface area (Å²) < 4.78 is 0. The Labute approximate surface area is 113 Å². The molecule has 1 aromatic heterocycles. The van der Waals surface area contributed by atoms with Gasteiger partial charge in [-0.3, -0.25) is 19.9 Å². The minimum Gasteiger partial charge on any atom is -0.322 e. The van der Waals surface area contributed by atoms with Crippen LogP contribution in [0.25, 0.3) is 0 Å². The van der Waals surface area contributed by atoms with Crippen LogP contribution >= 0.6 is 11.6 Å². The first kappa shape index (κ1) is 13.0. The molecule has 0 saturated carbocycles. The van der Waals surface area contributed by atoms with E-state index < -0.39 is 10.8 Å². The van der Waals surface area contributed by atoms with Crippen LogP contribution in [0.2, 0.25) is 5.02 Å². The highest BCUT2D eigenvalue weighted by Gasteiger charge is 2.14. The summed E-state index contributed by atoms with van der Waals surface area (Å²) in [5, 5.41) is 13.3. The van der Waals surface area contributed by atoms with Gasteiger partial charge >= 0.3 is 0 Å². The molecular weight excluding hydrogens is 270 g/mol. The molecule has 0 radical (unpaired) electrons. The van der Waals surface area contributed by atoms with Crippen molar-refractivity contribution in [2.45, 2.75) is 0 Å². The van der Waals surface area contributed by atoms with Gasteiger partial charge in [0.1, 0.15) is 5.02 Å². The molecule has 0 bridgehead atoms. The van der Waals surface area contributed by atoms with Crippen molar-refractivity contribution in [3.63, 3.8) is 0 Å². The van der Waals surface area contributed by atoms with Crippen LogP contribution in [0.15, 0.2) is 42.7 Å². The number of carbonyl (C=O) groups is 1. The molecule has 0 aliphatic rings. The second-order valence-electron chi connectivity index (χ2n) is 3.62. The molecule has 6 nitrogen and oxygen atoms in total. The van der Waals surface area contributed by atoms with Crippen LogP contribution in [0.5, 0.6) is 0 Å². The van der Waals surface area contributed by atoms with Gasteiger partial charge in [-0.15, -0.1) is 0 Å². The predicted octanol–water partition coefficient (Wildman–Crippen LogP) is 2.90. The van der Waals surface area contributed by atoms with Crippen LogP contribution in [0.4, 0.5) is 11.4 Å². The second kappa shape index (κ2) is 5.45. The third kappa shape index (κ3) is 3.05. The number of hydrogen-bond donors (Lipinski definition) is 1. The van der Waals surface area contributed by atoms with Gasteiger partial charge in [0, 0.05) is 24.1 Å². The van der Waals surface area contributed by atoms with Gasteiger partial charge in [-0.1, -0.05) is 11.6 Å². The van der Waals surface area contributed by atoms with E-state index in [2.05, 4.69) is 10.3 Å². The van der Waals surface area contributed by atoms with Gasteiger partial charge in [-0.25, -0.2) is 0 Å². The number of benzene rings is 1. The Hall–Kier alpha value is -2.47. The van der Waals surface area contributed by atoms with Crippen LogP contribution in [0.3, 0.4) is 0 Å². The van der Waals surface area contributed by atoms with Gasteiger partial charge < -0.3 is 5.32 Å². The molecule has 0 aliphatic carbocycles. The van der Waals surface area contributed by atoms with E-state index in [1.807, 2.05) is 0 Å². The molecule has 19 heavy (non-hydrogen) atoms. The average molecular weight is 278 g/mol. The Morgan fingerprint density at radius 1 is 1.37 bits per heavy atom. The van der Waals surface area contributed by atoms with Gasteiger partial charge in [0.25, 0.3) is 11.6 Å². The Bertz CT molecular complexity index is 631. The average Bonchev–Trinajstić information content (AvgIpc) is 2.41. The van der Waals surface area contributed by atoms with Gasteiger partial charge in [0.15, 0.2) is 0 Å². The number of pyridine rings is 1. The lowest BCUT2D eigenvalue weighted by Crippen LogP contribution is -2.12. The third-order valence-electron chi connectivity index (χ3n) is 2.32. The van der Waals surface area contributed by atoms with E-state index in [4.69, 9.17) is 11.6 Å². The zero-order chi connectivity index (χ0) is 13.8. The number of aromatic nitrogens is 1. The highest BCUT2D eigenvalue weighted by atomic mass is 35.5. The number of halogens is 1. The van der Waals surface area contributed by atoms with Crippen molar-refractivity contribution in [3.8, 4) is 0 Å². The van der Waals surface area contributed by atoms with Gasteiger partial charge in [0.05, 0.1) is 10.5 Å². The molecule has 0 aliphatic heterocycles. The lowest BCUT2D eigenvalue weighted by molar-refractivity contribution is -0.384. The Balaban J connectivity index is 2.23. The Morgan fingerprint density at radius 3 is 2.79 bits per heavy atom. The normalized spacial score (nSPS) is 9.95. The standard InChI is InChI=1S/C12H8ClN3O3/c13-10-4-3-9(6-11(10)16(18)19)15-12(17)8-2-1-5-14-7-8/h1-7H,(H,15,17). The summed E-state index contributed by atoms with van der Waals surface area (Å²) in [6, 6.07) is 7.27. The zero-order valence-electron chi connectivity index (χ0n) is 9.54. The summed E-state index contributed by atoms with van der Waals surface area (Å²) in [6.07, 6.45) is 2.95. The molecule has 1 amide bonds. The number of anilines is 1. The smallest absolute Gasteiger partial charge is 0.289 e. The fourth-order valence-corrected chi connectivity index (χ4v) is 1.62. The maximum Gasteiger partial charge on any atom is 0.289 e. The SMILES string of the molecule is O=C(Nc1ccc(Cl)c([N+](=O)[O-])c1)c1cccnc1. The fraction of sp³-hybridized carbons (Fsp3) is 0. The van der Waals surface area contributed by atoms with Gasteiger partial charge in [-0.05, 0) is 24.3 Å². The topological polar surface area (TPSA) is 85.1 Å². The first-order valence-corrected chi connectivity index (χ1v) is 5.61. The molecule has 2 aromatic rings. The number of nitrogens with one attached hydrogen (secondary N) is 1. The molecule has 1 heterocycles. The van der Waals surface area contributed by atoms with Crippen molar-refractivity contribution < 1.29 is 9.72 Å². The maximum atomic E-state index is 11.8. The molecule has 0 spiro atoms. The number of hydrogen-bond acceptors (Lipinski definition) is 4. The van der Waals surface area contributed by atoms with E-state index in [-0.39, 0.29) is 10.7 Å². The minimum atomic E-state index is -0.609. The van der Waals surface area contributed by atoms with Crippen molar-refractivity contribution in [3.05, 3.63) is 63.4 Å². The summed E-state index contributed by atoms with van der Waals surface area (Å²) in [5.74, 6) is -0.398. The molecule has 0 unspecified atom stereocenters. The highest BCUT2D eigenvalue weighted by Crippen LogP contribution is 2.27. The van der Waals surface area contributed by atoms with E-state index in [9.17, 15) is 14.9 Å². The van der Waals surface area contributed by atoms with Crippen molar-refractivity contribution in [2.75, 3.05) is 5.32 Å².